The number of anilines is 1. The van der Waals surface area contributed by atoms with Crippen molar-refractivity contribution in [2.75, 3.05) is 44.9 Å². The van der Waals surface area contributed by atoms with Crippen molar-refractivity contribution in [1.82, 2.24) is 9.88 Å². The minimum absolute atomic E-state index is 0.151. The van der Waals surface area contributed by atoms with Crippen molar-refractivity contribution in [1.29, 1.82) is 0 Å². The highest BCUT2D eigenvalue weighted by Gasteiger charge is 2.70. The van der Waals surface area contributed by atoms with Gasteiger partial charge in [0.2, 0.25) is 11.8 Å². The zero-order valence-corrected chi connectivity index (χ0v) is 27.2. The van der Waals surface area contributed by atoms with E-state index in [1.807, 2.05) is 12.1 Å². The van der Waals surface area contributed by atoms with Crippen molar-refractivity contribution in [3.05, 3.63) is 68.1 Å². The molecule has 3 amide bonds. The number of carbonyl (C=O) groups excluding carboxylic acids is 3. The Hall–Kier alpha value is -3.82. The van der Waals surface area contributed by atoms with Gasteiger partial charge in [0, 0.05) is 29.1 Å². The Balaban J connectivity index is 1.12. The van der Waals surface area contributed by atoms with Crippen molar-refractivity contribution in [2.45, 2.75) is 28.8 Å². The first-order valence-corrected chi connectivity index (χ1v) is 17.4. The molecule has 2 aliphatic carbocycles. The Kier molecular flexibility index (Phi) is 7.64. The summed E-state index contributed by atoms with van der Waals surface area (Å²) in [5, 5.41) is 0.549. The lowest BCUT2D eigenvalue weighted by Crippen LogP contribution is -2.43. The minimum Gasteiger partial charge on any atom is -0.493 e. The van der Waals surface area contributed by atoms with Crippen LogP contribution in [-0.4, -0.2) is 72.9 Å². The van der Waals surface area contributed by atoms with E-state index in [-0.39, 0.29) is 46.3 Å². The Morgan fingerprint density at radius 3 is 2.48 bits per heavy atom. The fourth-order valence-electron chi connectivity index (χ4n) is 8.58. The third kappa shape index (κ3) is 4.87. The summed E-state index contributed by atoms with van der Waals surface area (Å²) in [6.07, 6.45) is -4.16. The number of aromatic nitrogens is 1. The third-order valence-corrected chi connectivity index (χ3v) is 13.0. The maximum Gasteiger partial charge on any atom is 0.418 e. The van der Waals surface area contributed by atoms with E-state index < -0.39 is 41.1 Å². The Morgan fingerprint density at radius 2 is 1.75 bits per heavy atom. The molecular weight excluding hydrogens is 672 g/mol. The lowest BCUT2D eigenvalue weighted by molar-refractivity contribution is -0.138. The molecule has 252 valence electrons. The van der Waals surface area contributed by atoms with Crippen molar-refractivity contribution >= 4 is 46.5 Å². The predicted octanol–water partition coefficient (Wildman–Crippen LogP) is 4.38. The summed E-state index contributed by atoms with van der Waals surface area (Å²) in [5.74, 6) is -3.17. The molecule has 2 bridgehead atoms. The molecule has 0 radical (unpaired) electrons. The number of nitrogens with zero attached hydrogens (tertiary/aromatic N) is 2. The average molecular weight is 702 g/mol. The summed E-state index contributed by atoms with van der Waals surface area (Å²) in [4.78, 5) is 59.2. The van der Waals surface area contributed by atoms with E-state index in [0.717, 1.165) is 32.7 Å². The summed E-state index contributed by atoms with van der Waals surface area (Å²) in [6.45, 7) is 1.75. The SMILES string of the molecule is COc1cc([C@H]2c3sc(=O)[nH]c3SC3C4CC(C5C(=O)N(c6ccccc6C(F)(F)F)C(=O)C45)C32)ccc1OCC(=O)N1CCOCC1. The van der Waals surface area contributed by atoms with Gasteiger partial charge in [-0.15, -0.1) is 11.8 Å². The van der Waals surface area contributed by atoms with Crippen LogP contribution in [0.1, 0.15) is 28.3 Å². The molecular formula is C33H30F3N3O7S2. The van der Waals surface area contributed by atoms with Gasteiger partial charge in [-0.05, 0) is 54.0 Å². The number of H-pyrrole nitrogens is 1. The van der Waals surface area contributed by atoms with Crippen LogP contribution in [0.4, 0.5) is 18.9 Å². The van der Waals surface area contributed by atoms with Crippen molar-refractivity contribution in [3.8, 4) is 11.5 Å². The molecule has 3 aliphatic heterocycles. The van der Waals surface area contributed by atoms with Crippen LogP contribution in [-0.2, 0) is 25.3 Å². The molecule has 8 rings (SSSR count). The number of hydrogen-bond donors (Lipinski definition) is 1. The molecule has 0 spiro atoms. The van der Waals surface area contributed by atoms with Gasteiger partial charge in [-0.1, -0.05) is 29.5 Å². The number of morpholine rings is 1. The maximum atomic E-state index is 14.0. The molecule has 2 saturated heterocycles. The van der Waals surface area contributed by atoms with Gasteiger partial charge in [-0.2, -0.15) is 13.2 Å². The fourth-order valence-corrected chi connectivity index (χ4v) is 11.5. The monoisotopic (exact) mass is 701 g/mol. The van der Waals surface area contributed by atoms with Crippen molar-refractivity contribution in [2.24, 2.45) is 29.6 Å². The largest absolute Gasteiger partial charge is 0.493 e. The number of alkyl halides is 3. The van der Waals surface area contributed by atoms with Gasteiger partial charge in [-0.3, -0.25) is 19.2 Å². The molecule has 7 atom stereocenters. The summed E-state index contributed by atoms with van der Waals surface area (Å²) >= 11 is 2.58. The average Bonchev–Trinajstić information content (AvgIpc) is 3.82. The van der Waals surface area contributed by atoms with Crippen LogP contribution in [0.2, 0.25) is 0 Å². The number of thiazole rings is 1. The number of benzene rings is 2. The molecule has 3 aromatic rings. The second-order valence-electron chi connectivity index (χ2n) is 12.7. The van der Waals surface area contributed by atoms with Crippen LogP contribution in [0.25, 0.3) is 0 Å². The molecule has 2 saturated carbocycles. The van der Waals surface area contributed by atoms with Gasteiger partial charge < -0.3 is 24.1 Å². The van der Waals surface area contributed by atoms with Crippen LogP contribution in [0.15, 0.2) is 52.3 Å². The van der Waals surface area contributed by atoms with Crippen molar-refractivity contribution < 1.29 is 41.8 Å². The first-order chi connectivity index (χ1) is 23.1. The highest BCUT2D eigenvalue weighted by molar-refractivity contribution is 8.00. The van der Waals surface area contributed by atoms with Crippen molar-refractivity contribution in [3.63, 3.8) is 0 Å². The van der Waals surface area contributed by atoms with Crippen LogP contribution in [0, 0.1) is 29.6 Å². The van der Waals surface area contributed by atoms with Gasteiger partial charge in [0.1, 0.15) is 0 Å². The first kappa shape index (κ1) is 31.4. The topological polar surface area (TPSA) is 118 Å². The standard InChI is InChI=1S/C33H30F3N3O7S2/c1-44-21-12-15(6-7-20(21)46-14-22(40)38-8-10-45-11-9-38)23-24-16-13-17(27(24)47-29-28(23)48-32(43)37-29)26-25(16)30(41)39(31(26)42)19-5-3-2-4-18(19)33(34,35)36/h2-7,12,16-17,23-27H,8-11,13-14H2,1H3,(H,37,43)/t16?,17?,23-,24?,25?,26?,27?/m1/s1. The predicted molar refractivity (Wildman–Crippen MR) is 168 cm³/mol. The summed E-state index contributed by atoms with van der Waals surface area (Å²) in [6, 6.07) is 10.1. The Morgan fingerprint density at radius 1 is 1.02 bits per heavy atom. The minimum atomic E-state index is -4.74. The molecule has 15 heteroatoms. The molecule has 4 fully saturated rings. The number of para-hydroxylation sites is 1. The van der Waals surface area contributed by atoms with E-state index in [9.17, 15) is 32.3 Å². The number of aromatic amines is 1. The number of rotatable bonds is 6. The number of carbonyl (C=O) groups is 3. The van der Waals surface area contributed by atoms with Gasteiger partial charge in [0.15, 0.2) is 18.1 Å². The molecule has 2 aromatic carbocycles. The van der Waals surface area contributed by atoms with Gasteiger partial charge in [0.05, 0.1) is 48.4 Å². The van der Waals surface area contributed by atoms with Crippen LogP contribution in [0.3, 0.4) is 0 Å². The number of thioether (sulfide) groups is 1. The highest BCUT2D eigenvalue weighted by Crippen LogP contribution is 2.69. The number of halogens is 3. The van der Waals surface area contributed by atoms with Crippen LogP contribution < -0.4 is 19.2 Å². The second-order valence-corrected chi connectivity index (χ2v) is 14.9. The number of methoxy groups -OCH3 is 1. The summed E-state index contributed by atoms with van der Waals surface area (Å²) < 4.78 is 58.8. The Bertz CT molecular complexity index is 1870. The van der Waals surface area contributed by atoms with Gasteiger partial charge in [0.25, 0.3) is 5.91 Å². The summed E-state index contributed by atoms with van der Waals surface area (Å²) in [5.41, 5.74) is -0.646. The molecule has 48 heavy (non-hydrogen) atoms. The van der Waals surface area contributed by atoms with E-state index in [0.29, 0.717) is 49.2 Å². The third-order valence-electron chi connectivity index (χ3n) is 10.4. The lowest BCUT2D eigenvalue weighted by atomic mass is 9.68. The quantitative estimate of drug-likeness (QED) is 0.377. The number of nitrogens with one attached hydrogen (secondary N) is 1. The normalized spacial score (nSPS) is 29.1. The molecule has 5 aliphatic rings. The summed E-state index contributed by atoms with van der Waals surface area (Å²) in [7, 11) is 1.49. The smallest absolute Gasteiger partial charge is 0.418 e. The first-order valence-electron chi connectivity index (χ1n) is 15.7. The number of ether oxygens (including phenoxy) is 3. The second kappa shape index (κ2) is 11.7. The molecule has 1 N–H and O–H groups in total. The number of fused-ring (bicyclic) bond motifs is 9. The van der Waals surface area contributed by atoms with Gasteiger partial charge >= 0.3 is 11.0 Å². The maximum absolute atomic E-state index is 14.0. The zero-order valence-electron chi connectivity index (χ0n) is 25.5. The molecule has 6 unspecified atom stereocenters. The van der Waals surface area contributed by atoms with Crippen LogP contribution >= 0.6 is 23.1 Å². The Labute approximate surface area is 280 Å². The lowest BCUT2D eigenvalue weighted by Gasteiger charge is -2.43. The van der Waals surface area contributed by atoms with Crippen LogP contribution in [0.5, 0.6) is 11.5 Å². The van der Waals surface area contributed by atoms with Gasteiger partial charge in [-0.25, -0.2) is 4.90 Å². The van der Waals surface area contributed by atoms with E-state index in [1.165, 1.54) is 37.1 Å². The van der Waals surface area contributed by atoms with E-state index in [4.69, 9.17) is 14.2 Å². The highest BCUT2D eigenvalue weighted by atomic mass is 32.2. The van der Waals surface area contributed by atoms with E-state index in [2.05, 4.69) is 4.98 Å². The molecule has 4 heterocycles. The number of amides is 3. The number of hydrogen-bond acceptors (Lipinski definition) is 9. The number of imide groups is 1. The van der Waals surface area contributed by atoms with E-state index >= 15 is 0 Å². The fraction of sp³-hybridized carbons (Fsp3) is 0.455. The van der Waals surface area contributed by atoms with E-state index in [1.54, 1.807) is 11.0 Å². The zero-order chi connectivity index (χ0) is 33.5. The molecule has 10 nitrogen and oxygen atoms in total. The molecule has 1 aromatic heterocycles.